The van der Waals surface area contributed by atoms with Gasteiger partial charge in [0.15, 0.2) is 17.7 Å². The third-order valence-electron chi connectivity index (χ3n) is 4.48. The number of amides is 2. The van der Waals surface area contributed by atoms with Crippen LogP contribution in [0.1, 0.15) is 22.8 Å². The van der Waals surface area contributed by atoms with Gasteiger partial charge in [-0.3, -0.25) is 14.5 Å². The molecular formula is C20H16F4N2O5. The molecule has 7 nitrogen and oxygen atoms in total. The van der Waals surface area contributed by atoms with E-state index in [2.05, 4.69) is 5.32 Å². The fourth-order valence-electron chi connectivity index (χ4n) is 2.95. The molecule has 1 unspecified atom stereocenters. The van der Waals surface area contributed by atoms with E-state index in [1.807, 2.05) is 0 Å². The highest BCUT2D eigenvalue weighted by atomic mass is 19.4. The number of fused-ring (bicyclic) bond motifs is 1. The SMILES string of the molecule is COc1ccc(C(=O)OC(C)C(=O)N2CC(=O)Nc3cc(C(F)(F)F)ccc32)cc1F. The van der Waals surface area contributed by atoms with E-state index in [0.717, 1.165) is 23.1 Å². The van der Waals surface area contributed by atoms with Crippen molar-refractivity contribution in [3.8, 4) is 5.75 Å². The van der Waals surface area contributed by atoms with Crippen molar-refractivity contribution in [1.82, 2.24) is 0 Å². The van der Waals surface area contributed by atoms with Crippen molar-refractivity contribution >= 4 is 29.2 Å². The van der Waals surface area contributed by atoms with Crippen molar-refractivity contribution in [2.75, 3.05) is 23.9 Å². The molecule has 0 saturated heterocycles. The van der Waals surface area contributed by atoms with Gasteiger partial charge in [-0.2, -0.15) is 13.2 Å². The number of benzene rings is 2. The Hall–Kier alpha value is -3.63. The number of esters is 1. The Morgan fingerprint density at radius 1 is 1.16 bits per heavy atom. The van der Waals surface area contributed by atoms with Gasteiger partial charge >= 0.3 is 12.1 Å². The molecule has 2 amide bonds. The molecule has 1 N–H and O–H groups in total. The monoisotopic (exact) mass is 440 g/mol. The Morgan fingerprint density at radius 2 is 1.87 bits per heavy atom. The average molecular weight is 440 g/mol. The van der Waals surface area contributed by atoms with Crippen LogP contribution in [0.5, 0.6) is 5.75 Å². The molecule has 164 valence electrons. The van der Waals surface area contributed by atoms with E-state index < -0.39 is 48.0 Å². The predicted molar refractivity (Wildman–Crippen MR) is 100 cm³/mol. The summed E-state index contributed by atoms with van der Waals surface area (Å²) in [5.74, 6) is -3.45. The first-order valence-corrected chi connectivity index (χ1v) is 8.88. The summed E-state index contributed by atoms with van der Waals surface area (Å²) >= 11 is 0. The van der Waals surface area contributed by atoms with Crippen LogP contribution in [0.3, 0.4) is 0 Å². The molecule has 1 atom stereocenters. The zero-order valence-corrected chi connectivity index (χ0v) is 16.2. The highest BCUT2D eigenvalue weighted by molar-refractivity contribution is 6.11. The summed E-state index contributed by atoms with van der Waals surface area (Å²) in [5, 5.41) is 2.29. The van der Waals surface area contributed by atoms with Crippen LogP contribution in [-0.2, 0) is 20.5 Å². The molecule has 0 spiro atoms. The molecule has 0 saturated carbocycles. The Morgan fingerprint density at radius 3 is 2.48 bits per heavy atom. The van der Waals surface area contributed by atoms with Gasteiger partial charge in [-0.15, -0.1) is 0 Å². The first kappa shape index (κ1) is 22.1. The number of rotatable bonds is 4. The molecule has 1 aliphatic heterocycles. The zero-order chi connectivity index (χ0) is 22.9. The van der Waals surface area contributed by atoms with Crippen molar-refractivity contribution in [3.63, 3.8) is 0 Å². The minimum absolute atomic E-state index is 0.0241. The molecule has 0 aliphatic carbocycles. The van der Waals surface area contributed by atoms with Crippen molar-refractivity contribution in [2.24, 2.45) is 0 Å². The lowest BCUT2D eigenvalue weighted by Crippen LogP contribution is -2.47. The van der Waals surface area contributed by atoms with Crippen LogP contribution in [0.25, 0.3) is 0 Å². The van der Waals surface area contributed by atoms with E-state index in [4.69, 9.17) is 9.47 Å². The number of anilines is 2. The normalized spacial score (nSPS) is 14.4. The lowest BCUT2D eigenvalue weighted by atomic mass is 10.1. The highest BCUT2D eigenvalue weighted by Gasteiger charge is 2.35. The molecule has 2 aromatic carbocycles. The molecule has 0 aromatic heterocycles. The largest absolute Gasteiger partial charge is 0.494 e. The highest BCUT2D eigenvalue weighted by Crippen LogP contribution is 2.37. The van der Waals surface area contributed by atoms with Gasteiger partial charge in [0.25, 0.3) is 5.91 Å². The lowest BCUT2D eigenvalue weighted by Gasteiger charge is -2.31. The van der Waals surface area contributed by atoms with Crippen LogP contribution in [0, 0.1) is 5.82 Å². The summed E-state index contributed by atoms with van der Waals surface area (Å²) < 4.78 is 62.4. The number of carbonyl (C=O) groups excluding carboxylic acids is 3. The lowest BCUT2D eigenvalue weighted by molar-refractivity contribution is -0.137. The first-order valence-electron chi connectivity index (χ1n) is 8.88. The van der Waals surface area contributed by atoms with E-state index in [9.17, 15) is 31.9 Å². The molecule has 1 heterocycles. The van der Waals surface area contributed by atoms with Crippen LogP contribution in [0.4, 0.5) is 28.9 Å². The maximum absolute atomic E-state index is 13.8. The number of alkyl halides is 3. The zero-order valence-electron chi connectivity index (χ0n) is 16.2. The van der Waals surface area contributed by atoms with Crippen molar-refractivity contribution in [1.29, 1.82) is 0 Å². The van der Waals surface area contributed by atoms with E-state index in [1.54, 1.807) is 0 Å². The quantitative estimate of drug-likeness (QED) is 0.582. The Bertz CT molecular complexity index is 1050. The molecule has 2 aromatic rings. The fourth-order valence-corrected chi connectivity index (χ4v) is 2.95. The van der Waals surface area contributed by atoms with Crippen LogP contribution >= 0.6 is 0 Å². The van der Waals surface area contributed by atoms with Gasteiger partial charge in [-0.05, 0) is 43.3 Å². The molecule has 0 bridgehead atoms. The molecule has 0 radical (unpaired) electrons. The second-order valence-corrected chi connectivity index (χ2v) is 6.60. The third kappa shape index (κ3) is 4.60. The van der Waals surface area contributed by atoms with E-state index >= 15 is 0 Å². The van der Waals surface area contributed by atoms with E-state index in [1.165, 1.54) is 26.2 Å². The standard InChI is InChI=1S/C20H16F4N2O5/c1-10(31-19(29)11-3-6-16(30-2)13(21)7-11)18(28)26-9-17(27)25-14-8-12(20(22,23)24)4-5-15(14)26/h3-8,10H,9H2,1-2H3,(H,25,27). The number of methoxy groups -OCH3 is 1. The Balaban J connectivity index is 1.80. The van der Waals surface area contributed by atoms with Crippen LogP contribution in [-0.4, -0.2) is 37.5 Å². The maximum atomic E-state index is 13.8. The smallest absolute Gasteiger partial charge is 0.416 e. The van der Waals surface area contributed by atoms with Crippen molar-refractivity contribution < 1.29 is 41.4 Å². The maximum Gasteiger partial charge on any atom is 0.416 e. The van der Waals surface area contributed by atoms with Gasteiger partial charge in [0.2, 0.25) is 5.91 Å². The van der Waals surface area contributed by atoms with Crippen molar-refractivity contribution in [3.05, 3.63) is 53.3 Å². The van der Waals surface area contributed by atoms with E-state index in [-0.39, 0.29) is 22.7 Å². The van der Waals surface area contributed by atoms with Gasteiger partial charge in [0.1, 0.15) is 6.54 Å². The minimum atomic E-state index is -4.64. The third-order valence-corrected chi connectivity index (χ3v) is 4.48. The number of ether oxygens (including phenoxy) is 2. The van der Waals surface area contributed by atoms with Crippen LogP contribution < -0.4 is 15.0 Å². The second kappa shape index (κ2) is 8.25. The summed E-state index contributed by atoms with van der Waals surface area (Å²) in [6, 6.07) is 5.85. The molecule has 11 heteroatoms. The number of nitrogens with one attached hydrogen (secondary N) is 1. The second-order valence-electron chi connectivity index (χ2n) is 6.60. The van der Waals surface area contributed by atoms with Gasteiger partial charge in [-0.1, -0.05) is 0 Å². The number of carbonyl (C=O) groups is 3. The fraction of sp³-hybridized carbons (Fsp3) is 0.250. The summed E-state index contributed by atoms with van der Waals surface area (Å²) in [4.78, 5) is 37.9. The van der Waals surface area contributed by atoms with Crippen molar-refractivity contribution in [2.45, 2.75) is 19.2 Å². The molecule has 3 rings (SSSR count). The van der Waals surface area contributed by atoms with Gasteiger partial charge < -0.3 is 14.8 Å². The van der Waals surface area contributed by atoms with Gasteiger partial charge in [0, 0.05) is 0 Å². The Labute approximate surface area is 173 Å². The summed E-state index contributed by atoms with van der Waals surface area (Å²) in [5.41, 5.74) is -1.35. The average Bonchev–Trinajstić information content (AvgIpc) is 2.71. The topological polar surface area (TPSA) is 84.9 Å². The number of hydrogen-bond acceptors (Lipinski definition) is 5. The summed E-state index contributed by atoms with van der Waals surface area (Å²) in [7, 11) is 1.25. The number of hydrogen-bond donors (Lipinski definition) is 1. The number of halogens is 4. The minimum Gasteiger partial charge on any atom is -0.494 e. The molecule has 1 aliphatic rings. The number of nitrogens with zero attached hydrogens (tertiary/aromatic N) is 1. The van der Waals surface area contributed by atoms with Gasteiger partial charge in [0.05, 0.1) is 29.6 Å². The summed E-state index contributed by atoms with van der Waals surface area (Å²) in [6.07, 6.45) is -6.04. The van der Waals surface area contributed by atoms with E-state index in [0.29, 0.717) is 6.07 Å². The van der Waals surface area contributed by atoms with Crippen LogP contribution in [0.2, 0.25) is 0 Å². The molecule has 31 heavy (non-hydrogen) atoms. The van der Waals surface area contributed by atoms with Crippen LogP contribution in [0.15, 0.2) is 36.4 Å². The molecular weight excluding hydrogens is 424 g/mol. The summed E-state index contributed by atoms with van der Waals surface area (Å²) in [6.45, 7) is 0.757. The first-order chi connectivity index (χ1) is 14.5. The Kier molecular flexibility index (Phi) is 5.87. The predicted octanol–water partition coefficient (Wildman–Crippen LogP) is 3.38. The molecule has 0 fully saturated rings. The van der Waals surface area contributed by atoms with Gasteiger partial charge in [-0.25, -0.2) is 9.18 Å².